The van der Waals surface area contributed by atoms with Crippen LogP contribution in [0.15, 0.2) is 91.1 Å². The Morgan fingerprint density at radius 2 is 1.60 bits per heavy atom. The van der Waals surface area contributed by atoms with Crippen molar-refractivity contribution < 1.29 is 4.79 Å². The van der Waals surface area contributed by atoms with Crippen molar-refractivity contribution >= 4 is 56.5 Å². The highest BCUT2D eigenvalue weighted by Gasteiger charge is 2.23. The summed E-state index contributed by atoms with van der Waals surface area (Å²) in [4.78, 5) is 27.0. The molecule has 11 nitrogen and oxygen atoms in total. The summed E-state index contributed by atoms with van der Waals surface area (Å²) in [7, 11) is 0. The van der Waals surface area contributed by atoms with Crippen LogP contribution in [0.3, 0.4) is 0 Å². The number of para-hydroxylation sites is 2. The zero-order chi connectivity index (χ0) is 31.3. The molecule has 0 aliphatic rings. The molecule has 0 radical (unpaired) electrons. The largest absolute Gasteiger partial charge is 0.384 e. The molecule has 7 aromatic rings. The Morgan fingerprint density at radius 1 is 0.867 bits per heavy atom. The van der Waals surface area contributed by atoms with Crippen LogP contribution < -0.4 is 16.4 Å². The molecule has 11 heteroatoms. The molecule has 4 aromatic heterocycles. The molecule has 45 heavy (non-hydrogen) atoms. The number of urea groups is 1. The molecule has 0 aliphatic heterocycles. The van der Waals surface area contributed by atoms with Crippen LogP contribution in [-0.4, -0.2) is 35.3 Å². The van der Waals surface area contributed by atoms with Crippen LogP contribution in [0.5, 0.6) is 0 Å². The number of nitrogens with two attached hydrogens (primary N) is 1. The van der Waals surface area contributed by atoms with Crippen LogP contribution in [0, 0.1) is 11.3 Å². The number of nitrogens with one attached hydrogen (secondary N) is 2. The number of carbonyl (C=O) groups excluding carboxylic acids is 1. The van der Waals surface area contributed by atoms with Crippen molar-refractivity contribution in [2.45, 2.75) is 26.2 Å². The Bertz CT molecular complexity index is 2300. The maximum absolute atomic E-state index is 13.2. The lowest BCUT2D eigenvalue weighted by Crippen LogP contribution is -2.21. The number of rotatable bonds is 4. The minimum Gasteiger partial charge on any atom is -0.384 e. The van der Waals surface area contributed by atoms with E-state index in [4.69, 9.17) is 15.8 Å². The SMILES string of the molecule is CC(C)(C)c1cc(NC(=O)Nc2ccc(-n3c(N)c(C#N)c4nc5ccccc5nc43)cc2)n(-c2ccc3ncccc3c2)n1. The average molecular weight is 593 g/mol. The predicted molar refractivity (Wildman–Crippen MR) is 176 cm³/mol. The van der Waals surface area contributed by atoms with Gasteiger partial charge in [0, 0.05) is 34.4 Å². The van der Waals surface area contributed by atoms with Gasteiger partial charge in [0.1, 0.15) is 28.8 Å². The van der Waals surface area contributed by atoms with Crippen molar-refractivity contribution in [3.63, 3.8) is 0 Å². The summed E-state index contributed by atoms with van der Waals surface area (Å²) < 4.78 is 3.43. The van der Waals surface area contributed by atoms with Crippen LogP contribution >= 0.6 is 0 Å². The van der Waals surface area contributed by atoms with E-state index >= 15 is 0 Å². The zero-order valence-electron chi connectivity index (χ0n) is 24.8. The van der Waals surface area contributed by atoms with Gasteiger partial charge in [0.15, 0.2) is 5.65 Å². The van der Waals surface area contributed by atoms with Crippen LogP contribution in [0.1, 0.15) is 32.0 Å². The number of amides is 2. The Morgan fingerprint density at radius 3 is 2.33 bits per heavy atom. The molecule has 0 fully saturated rings. The molecule has 0 saturated carbocycles. The Balaban J connectivity index is 1.17. The minimum atomic E-state index is -0.429. The molecule has 0 unspecified atom stereocenters. The summed E-state index contributed by atoms with van der Waals surface area (Å²) >= 11 is 0. The molecular weight excluding hydrogens is 564 g/mol. The molecule has 220 valence electrons. The van der Waals surface area contributed by atoms with Gasteiger partial charge >= 0.3 is 6.03 Å². The van der Waals surface area contributed by atoms with Crippen LogP contribution in [0.25, 0.3) is 44.5 Å². The number of aromatic nitrogens is 6. The van der Waals surface area contributed by atoms with E-state index in [1.54, 1.807) is 39.7 Å². The number of carbonyl (C=O) groups is 1. The lowest BCUT2D eigenvalue weighted by atomic mass is 9.92. The van der Waals surface area contributed by atoms with Crippen molar-refractivity contribution in [3.8, 4) is 17.4 Å². The highest BCUT2D eigenvalue weighted by molar-refractivity contribution is 6.00. The standard InChI is InChI=1S/C34H28N10O/c1-34(2,3)28-18-29(44(42-28)23-14-15-25-20(17-23)7-6-16-37-25)41-33(45)38-21-10-12-22(13-11-21)43-31(36)24(19-35)30-32(43)40-27-9-5-4-8-26(27)39-30/h4-18H,36H2,1-3H3,(H2,38,41,45). The first kappa shape index (κ1) is 27.5. The molecule has 4 heterocycles. The fourth-order valence-corrected chi connectivity index (χ4v) is 5.23. The Labute approximate surface area is 258 Å². The van der Waals surface area contributed by atoms with Gasteiger partial charge in [0.25, 0.3) is 0 Å². The second-order valence-corrected chi connectivity index (χ2v) is 11.7. The smallest absolute Gasteiger partial charge is 0.324 e. The third kappa shape index (κ3) is 4.94. The van der Waals surface area contributed by atoms with Crippen molar-refractivity contribution in [1.82, 2.24) is 29.3 Å². The summed E-state index contributed by atoms with van der Waals surface area (Å²) in [6, 6.07) is 27.9. The summed E-state index contributed by atoms with van der Waals surface area (Å²) in [6.45, 7) is 6.22. The van der Waals surface area contributed by atoms with Crippen LogP contribution in [0.4, 0.5) is 22.1 Å². The summed E-state index contributed by atoms with van der Waals surface area (Å²) in [6.07, 6.45) is 1.76. The quantitative estimate of drug-likeness (QED) is 0.205. The molecule has 2 amide bonds. The number of fused-ring (bicyclic) bond motifs is 3. The first-order chi connectivity index (χ1) is 21.7. The van der Waals surface area contributed by atoms with E-state index in [1.807, 2.05) is 60.7 Å². The highest BCUT2D eigenvalue weighted by Crippen LogP contribution is 2.31. The minimum absolute atomic E-state index is 0.237. The van der Waals surface area contributed by atoms with Gasteiger partial charge in [0.2, 0.25) is 0 Å². The fraction of sp³-hybridized carbons (Fsp3) is 0.118. The third-order valence-electron chi connectivity index (χ3n) is 7.54. The van der Waals surface area contributed by atoms with Crippen LogP contribution in [0.2, 0.25) is 0 Å². The van der Waals surface area contributed by atoms with E-state index in [2.05, 4.69) is 47.4 Å². The van der Waals surface area contributed by atoms with Crippen molar-refractivity contribution in [1.29, 1.82) is 5.26 Å². The maximum atomic E-state index is 13.2. The van der Waals surface area contributed by atoms with E-state index < -0.39 is 6.03 Å². The number of anilines is 3. The molecular formula is C34H28N10O. The monoisotopic (exact) mass is 592 g/mol. The Hall–Kier alpha value is -6.28. The molecule has 0 aliphatic carbocycles. The summed E-state index contributed by atoms with van der Waals surface area (Å²) in [5.41, 5.74) is 12.5. The van der Waals surface area contributed by atoms with Gasteiger partial charge in [-0.2, -0.15) is 10.4 Å². The second-order valence-electron chi connectivity index (χ2n) is 11.7. The fourth-order valence-electron chi connectivity index (χ4n) is 5.23. The second kappa shape index (κ2) is 10.5. The van der Waals surface area contributed by atoms with Gasteiger partial charge in [-0.1, -0.05) is 39.0 Å². The van der Waals surface area contributed by atoms with Gasteiger partial charge in [-0.3, -0.25) is 14.9 Å². The number of hydrogen-bond acceptors (Lipinski definition) is 7. The van der Waals surface area contributed by atoms with Crippen molar-refractivity contribution in [2.24, 2.45) is 0 Å². The molecule has 0 saturated heterocycles. The van der Waals surface area contributed by atoms with E-state index in [0.29, 0.717) is 39.4 Å². The molecule has 3 aromatic carbocycles. The molecule has 4 N–H and O–H groups in total. The van der Waals surface area contributed by atoms with Crippen molar-refractivity contribution in [3.05, 3.63) is 102 Å². The Kier molecular flexibility index (Phi) is 6.41. The number of hydrogen-bond donors (Lipinski definition) is 3. The first-order valence-electron chi connectivity index (χ1n) is 14.3. The van der Waals surface area contributed by atoms with E-state index in [1.165, 1.54) is 0 Å². The van der Waals surface area contributed by atoms with Crippen LogP contribution in [-0.2, 0) is 5.41 Å². The average Bonchev–Trinajstić information content (AvgIpc) is 3.58. The summed E-state index contributed by atoms with van der Waals surface area (Å²) in [5, 5.41) is 21.5. The zero-order valence-corrected chi connectivity index (χ0v) is 24.8. The van der Waals surface area contributed by atoms with E-state index in [-0.39, 0.29) is 16.8 Å². The normalized spacial score (nSPS) is 11.6. The lowest BCUT2D eigenvalue weighted by molar-refractivity contribution is 0.262. The van der Waals surface area contributed by atoms with Gasteiger partial charge in [0.05, 0.1) is 27.9 Å². The van der Waals surface area contributed by atoms with Crippen molar-refractivity contribution in [2.75, 3.05) is 16.4 Å². The topological polar surface area (TPSA) is 152 Å². The number of pyridine rings is 1. The maximum Gasteiger partial charge on any atom is 0.324 e. The third-order valence-corrected chi connectivity index (χ3v) is 7.54. The molecule has 0 spiro atoms. The molecule has 7 rings (SSSR count). The number of nitrogens with zero attached hydrogens (tertiary/aromatic N) is 7. The van der Waals surface area contributed by atoms with Gasteiger partial charge in [-0.15, -0.1) is 0 Å². The van der Waals surface area contributed by atoms with Gasteiger partial charge in [-0.05, 0) is 60.7 Å². The van der Waals surface area contributed by atoms with E-state index in [9.17, 15) is 10.1 Å². The number of benzene rings is 3. The van der Waals surface area contributed by atoms with E-state index in [0.717, 1.165) is 22.3 Å². The number of nitriles is 1. The first-order valence-corrected chi connectivity index (χ1v) is 14.3. The predicted octanol–water partition coefficient (Wildman–Crippen LogP) is 6.70. The van der Waals surface area contributed by atoms with Gasteiger partial charge in [-0.25, -0.2) is 19.4 Å². The number of nitrogen functional groups attached to an aromatic ring is 1. The molecule has 0 atom stereocenters. The van der Waals surface area contributed by atoms with Gasteiger partial charge < -0.3 is 11.1 Å². The summed E-state index contributed by atoms with van der Waals surface area (Å²) in [5.74, 6) is 0.771. The lowest BCUT2D eigenvalue weighted by Gasteiger charge is -2.14. The molecule has 0 bridgehead atoms. The highest BCUT2D eigenvalue weighted by atomic mass is 16.2.